The molecule has 0 spiro atoms. The third-order valence-electron chi connectivity index (χ3n) is 3.21. The van der Waals surface area contributed by atoms with Gasteiger partial charge in [0.1, 0.15) is 11.2 Å². The van der Waals surface area contributed by atoms with Crippen molar-refractivity contribution in [2.45, 2.75) is 6.18 Å². The van der Waals surface area contributed by atoms with Crippen LogP contribution in [0.15, 0.2) is 42.7 Å². The molecule has 0 amide bonds. The molecule has 0 aliphatic carbocycles. The Hall–Kier alpha value is -2.61. The number of alkyl halides is 3. The van der Waals surface area contributed by atoms with E-state index in [1.807, 2.05) is 0 Å². The second-order valence-corrected chi connectivity index (χ2v) is 5.16. The molecule has 0 N–H and O–H groups in total. The van der Waals surface area contributed by atoms with E-state index in [0.29, 0.717) is 22.4 Å². The van der Waals surface area contributed by atoms with Gasteiger partial charge in [-0.1, -0.05) is 17.7 Å². The van der Waals surface area contributed by atoms with E-state index in [2.05, 4.69) is 4.98 Å². The lowest BCUT2D eigenvalue weighted by molar-refractivity contribution is -0.388. The zero-order valence-corrected chi connectivity index (χ0v) is 12.0. The number of nitrogens with zero attached hydrogens (tertiary/aromatic N) is 3. The molecule has 3 rings (SSSR count). The van der Waals surface area contributed by atoms with Crippen molar-refractivity contribution in [3.8, 4) is 11.3 Å². The lowest BCUT2D eigenvalue weighted by Crippen LogP contribution is -2.08. The predicted octanol–water partition coefficient (Wildman–Crippen LogP) is 4.58. The predicted molar refractivity (Wildman–Crippen MR) is 77.3 cm³/mol. The summed E-state index contributed by atoms with van der Waals surface area (Å²) in [4.78, 5) is 14.1. The van der Waals surface area contributed by atoms with Crippen LogP contribution in [-0.4, -0.2) is 14.3 Å². The highest BCUT2D eigenvalue weighted by atomic mass is 35.5. The molecule has 23 heavy (non-hydrogen) atoms. The summed E-state index contributed by atoms with van der Waals surface area (Å²) in [6.07, 6.45) is -1.69. The minimum absolute atomic E-state index is 0.213. The molecular formula is C14H7ClF3N3O2. The summed E-state index contributed by atoms with van der Waals surface area (Å²) in [7, 11) is 0. The summed E-state index contributed by atoms with van der Waals surface area (Å²) in [6, 6.07) is 5.95. The molecule has 118 valence electrons. The lowest BCUT2D eigenvalue weighted by atomic mass is 10.1. The number of pyridine rings is 1. The van der Waals surface area contributed by atoms with Crippen LogP contribution in [-0.2, 0) is 6.18 Å². The minimum atomic E-state index is -4.80. The van der Waals surface area contributed by atoms with Gasteiger partial charge in [-0.3, -0.25) is 10.1 Å². The summed E-state index contributed by atoms with van der Waals surface area (Å²) >= 11 is 5.85. The lowest BCUT2D eigenvalue weighted by Gasteiger charge is -2.08. The average Bonchev–Trinajstić information content (AvgIpc) is 2.88. The Morgan fingerprint density at radius 1 is 1.17 bits per heavy atom. The van der Waals surface area contributed by atoms with Crippen LogP contribution in [0.25, 0.3) is 16.9 Å². The highest BCUT2D eigenvalue weighted by Crippen LogP contribution is 2.38. The van der Waals surface area contributed by atoms with Crippen LogP contribution in [0, 0.1) is 10.1 Å². The van der Waals surface area contributed by atoms with Gasteiger partial charge in [0, 0.05) is 24.0 Å². The molecule has 9 heteroatoms. The molecule has 0 unspecified atom stereocenters. The van der Waals surface area contributed by atoms with Gasteiger partial charge in [-0.15, -0.1) is 0 Å². The number of imidazole rings is 1. The van der Waals surface area contributed by atoms with Gasteiger partial charge in [-0.25, -0.2) is 4.98 Å². The number of nitro groups is 1. The van der Waals surface area contributed by atoms with E-state index < -0.39 is 22.4 Å². The molecule has 5 nitrogen and oxygen atoms in total. The van der Waals surface area contributed by atoms with E-state index in [-0.39, 0.29) is 5.56 Å². The molecule has 0 bridgehead atoms. The molecule has 1 aromatic carbocycles. The summed E-state index contributed by atoms with van der Waals surface area (Å²) in [6.45, 7) is 0. The Bertz CT molecular complexity index is 921. The van der Waals surface area contributed by atoms with Crippen molar-refractivity contribution in [3.05, 3.63) is 63.4 Å². The number of hydrogen-bond acceptors (Lipinski definition) is 3. The highest BCUT2D eigenvalue weighted by Gasteiger charge is 2.38. The first-order valence-corrected chi connectivity index (χ1v) is 6.64. The average molecular weight is 342 g/mol. The fourth-order valence-electron chi connectivity index (χ4n) is 2.19. The quantitative estimate of drug-likeness (QED) is 0.506. The Morgan fingerprint density at radius 3 is 2.57 bits per heavy atom. The monoisotopic (exact) mass is 341 g/mol. The first kappa shape index (κ1) is 15.3. The van der Waals surface area contributed by atoms with Crippen LogP contribution in [0.2, 0.25) is 5.02 Å². The molecule has 0 atom stereocenters. The van der Waals surface area contributed by atoms with Crippen molar-refractivity contribution in [3.63, 3.8) is 0 Å². The zero-order chi connectivity index (χ0) is 16.8. The fraction of sp³-hybridized carbons (Fsp3) is 0.0714. The van der Waals surface area contributed by atoms with Crippen LogP contribution in [0.1, 0.15) is 5.56 Å². The fourth-order valence-corrected chi connectivity index (χ4v) is 2.35. The van der Waals surface area contributed by atoms with Gasteiger partial charge in [0.15, 0.2) is 0 Å². The molecule has 0 saturated heterocycles. The topological polar surface area (TPSA) is 60.4 Å². The Morgan fingerprint density at radius 2 is 1.91 bits per heavy atom. The highest BCUT2D eigenvalue weighted by molar-refractivity contribution is 6.30. The number of hydrogen-bond donors (Lipinski definition) is 0. The van der Waals surface area contributed by atoms with Gasteiger partial charge >= 0.3 is 6.18 Å². The summed E-state index contributed by atoms with van der Waals surface area (Å²) in [5.74, 6) is 0. The minimum Gasteiger partial charge on any atom is -0.305 e. The van der Waals surface area contributed by atoms with Crippen LogP contribution < -0.4 is 0 Å². The number of nitro benzene ring substituents is 1. The first-order chi connectivity index (χ1) is 10.8. The third kappa shape index (κ3) is 2.85. The number of halogens is 4. The molecule has 2 aromatic heterocycles. The zero-order valence-electron chi connectivity index (χ0n) is 11.2. The summed E-state index contributed by atoms with van der Waals surface area (Å²) in [5, 5.41) is 11.4. The molecule has 2 heterocycles. The number of aromatic nitrogens is 2. The van der Waals surface area contributed by atoms with E-state index >= 15 is 0 Å². The van der Waals surface area contributed by atoms with Crippen LogP contribution in [0.3, 0.4) is 0 Å². The van der Waals surface area contributed by atoms with Gasteiger partial charge in [0.05, 0.1) is 15.6 Å². The maximum Gasteiger partial charge on any atom is 0.422 e. The Kier molecular flexibility index (Phi) is 3.48. The SMILES string of the molecule is O=[N+]([O-])c1cc(-c2cn3cc(Cl)ccc3n2)ccc1C(F)(F)F. The maximum absolute atomic E-state index is 12.8. The van der Waals surface area contributed by atoms with Crippen molar-refractivity contribution in [2.24, 2.45) is 0 Å². The number of fused-ring (bicyclic) bond motifs is 1. The van der Waals surface area contributed by atoms with Crippen LogP contribution in [0.5, 0.6) is 0 Å². The summed E-state index contributed by atoms with van der Waals surface area (Å²) < 4.78 is 40.0. The van der Waals surface area contributed by atoms with Gasteiger partial charge in [0.25, 0.3) is 5.69 Å². The van der Waals surface area contributed by atoms with Crippen molar-refractivity contribution < 1.29 is 18.1 Å². The van der Waals surface area contributed by atoms with Gasteiger partial charge in [-0.2, -0.15) is 13.2 Å². The molecule has 0 fully saturated rings. The van der Waals surface area contributed by atoms with Crippen molar-refractivity contribution in [1.29, 1.82) is 0 Å². The van der Waals surface area contributed by atoms with E-state index in [9.17, 15) is 23.3 Å². The largest absolute Gasteiger partial charge is 0.422 e. The summed E-state index contributed by atoms with van der Waals surface area (Å²) in [5.41, 5.74) is -1.26. The second-order valence-electron chi connectivity index (χ2n) is 4.73. The number of benzene rings is 1. The standard InChI is InChI=1S/C14H7ClF3N3O2/c15-9-2-4-13-19-11(7-20(13)6-9)8-1-3-10(14(16,17)18)12(5-8)21(22)23/h1-7H. The van der Waals surface area contributed by atoms with Crippen LogP contribution >= 0.6 is 11.6 Å². The van der Waals surface area contributed by atoms with E-state index in [1.54, 1.807) is 22.7 Å². The van der Waals surface area contributed by atoms with Gasteiger partial charge < -0.3 is 4.40 Å². The molecule has 0 aliphatic heterocycles. The normalized spacial score (nSPS) is 11.8. The molecule has 3 aromatic rings. The molecule has 0 radical (unpaired) electrons. The van der Waals surface area contributed by atoms with E-state index in [4.69, 9.17) is 11.6 Å². The molecule has 0 aliphatic rings. The van der Waals surface area contributed by atoms with Crippen molar-refractivity contribution in [2.75, 3.05) is 0 Å². The Balaban J connectivity index is 2.15. The third-order valence-corrected chi connectivity index (χ3v) is 3.43. The second kappa shape index (κ2) is 5.24. The maximum atomic E-state index is 12.8. The van der Waals surface area contributed by atoms with Gasteiger partial charge in [-0.05, 0) is 18.2 Å². The van der Waals surface area contributed by atoms with E-state index in [0.717, 1.165) is 12.1 Å². The van der Waals surface area contributed by atoms with Crippen molar-refractivity contribution >= 4 is 22.9 Å². The number of rotatable bonds is 2. The Labute approximate surface area is 132 Å². The van der Waals surface area contributed by atoms with Crippen LogP contribution in [0.4, 0.5) is 18.9 Å². The first-order valence-electron chi connectivity index (χ1n) is 6.26. The molecular weight excluding hydrogens is 335 g/mol. The van der Waals surface area contributed by atoms with Crippen molar-refractivity contribution in [1.82, 2.24) is 9.38 Å². The van der Waals surface area contributed by atoms with Gasteiger partial charge in [0.2, 0.25) is 0 Å². The van der Waals surface area contributed by atoms with E-state index in [1.165, 1.54) is 6.20 Å². The smallest absolute Gasteiger partial charge is 0.305 e. The molecule has 0 saturated carbocycles.